The zero-order valence-corrected chi connectivity index (χ0v) is 78.0. The summed E-state index contributed by atoms with van der Waals surface area (Å²) in [6.07, 6.45) is 34.9. The average Bonchev–Trinajstić information content (AvgIpc) is 0.881. The number of para-hydroxylation sites is 2. The lowest BCUT2D eigenvalue weighted by Gasteiger charge is -2.18. The van der Waals surface area contributed by atoms with Crippen molar-refractivity contribution in [2.75, 3.05) is 43.5 Å². The van der Waals surface area contributed by atoms with E-state index < -0.39 is 20.7 Å². The van der Waals surface area contributed by atoms with Gasteiger partial charge in [-0.3, -0.25) is 82.3 Å². The first-order valence-corrected chi connectivity index (χ1v) is 47.6. The predicted molar refractivity (Wildman–Crippen MR) is 487 cm³/mol. The number of aromatic nitrogens is 13. The molecule has 0 fully saturated rings. The zero-order valence-electron chi connectivity index (χ0n) is 77.0. The number of Topliss-reactive ketones (excluding diaryl/α,β-unsaturated/α-hetero) is 7. The van der Waals surface area contributed by atoms with Gasteiger partial charge in [0.05, 0.1) is 57.8 Å². The Morgan fingerprint density at radius 3 is 1.18 bits per heavy atom. The number of aliphatic hydroxyl groups excluding tert-OH is 1. The van der Waals surface area contributed by atoms with Crippen molar-refractivity contribution in [3.63, 3.8) is 0 Å². The number of carbonyl (C=O) groups is 12. The van der Waals surface area contributed by atoms with Gasteiger partial charge in [0.1, 0.15) is 75.6 Å². The van der Waals surface area contributed by atoms with Crippen LogP contribution in [-0.4, -0.2) is 203 Å². The maximum absolute atomic E-state index is 12.5. The number of benzene rings is 2. The maximum atomic E-state index is 12.5. The van der Waals surface area contributed by atoms with E-state index >= 15 is 0 Å². The minimum Gasteiger partial charge on any atom is -0.481 e. The van der Waals surface area contributed by atoms with Crippen molar-refractivity contribution in [1.29, 1.82) is 0 Å². The van der Waals surface area contributed by atoms with Crippen LogP contribution in [0.1, 0.15) is 300 Å². The molecule has 5 heterocycles. The van der Waals surface area contributed by atoms with E-state index in [1.807, 2.05) is 74.4 Å². The molecule has 0 saturated carbocycles. The molecule has 0 aliphatic carbocycles. The largest absolute Gasteiger partial charge is 0.481 e. The van der Waals surface area contributed by atoms with Gasteiger partial charge in [0, 0.05) is 82.7 Å². The summed E-state index contributed by atoms with van der Waals surface area (Å²) >= 11 is 0. The van der Waals surface area contributed by atoms with Crippen LogP contribution in [0.4, 0.5) is 11.4 Å². The first-order valence-electron chi connectivity index (χ1n) is 44.1. The monoisotopic (exact) mass is 1780 g/mol. The molecular formula is C91H138N18O17Si. The second-order valence-electron chi connectivity index (χ2n) is 34.8. The Morgan fingerprint density at radius 2 is 0.803 bits per heavy atom. The van der Waals surface area contributed by atoms with E-state index in [4.69, 9.17) is 30.3 Å². The third-order valence-corrected chi connectivity index (χ3v) is 19.0. The van der Waals surface area contributed by atoms with Crippen molar-refractivity contribution in [3.05, 3.63) is 96.9 Å². The van der Waals surface area contributed by atoms with E-state index in [1.54, 1.807) is 49.1 Å². The molecule has 2 aromatic carbocycles. The molecule has 8 N–H and O–H groups in total. The molecule has 36 heteroatoms. The van der Waals surface area contributed by atoms with E-state index in [0.717, 1.165) is 148 Å². The van der Waals surface area contributed by atoms with Crippen molar-refractivity contribution >= 4 is 112 Å². The Kier molecular flexibility index (Phi) is 53.5. The Labute approximate surface area is 747 Å². The van der Waals surface area contributed by atoms with Crippen LogP contribution in [0.15, 0.2) is 79.8 Å². The number of amides is 4. The Balaban J connectivity index is 0.000000426. The molecule has 35 nitrogen and oxygen atoms in total. The first kappa shape index (κ1) is 110. The van der Waals surface area contributed by atoms with Crippen LogP contribution in [0.2, 0.25) is 19.6 Å². The number of rotatable bonds is 54. The number of nitrogens with two attached hydrogens (primary N) is 1. The summed E-state index contributed by atoms with van der Waals surface area (Å²) in [6, 6.07) is 10.7. The number of hydrogen-bond acceptors (Lipinski definition) is 27. The number of hydroxylamine groups is 1. The van der Waals surface area contributed by atoms with Crippen molar-refractivity contribution in [1.82, 2.24) is 75.7 Å². The van der Waals surface area contributed by atoms with E-state index in [-0.39, 0.29) is 125 Å². The molecule has 0 unspecified atom stereocenters. The van der Waals surface area contributed by atoms with Gasteiger partial charge in [-0.05, 0) is 170 Å². The van der Waals surface area contributed by atoms with Crippen molar-refractivity contribution in [3.8, 4) is 11.5 Å². The molecule has 127 heavy (non-hydrogen) atoms. The molecule has 4 amide bonds. The fraction of sp³-hybridized carbons (Fsp3) is 0.604. The van der Waals surface area contributed by atoms with Gasteiger partial charge in [0.15, 0.2) is 40.5 Å². The second kappa shape index (κ2) is 61.5. The molecule has 0 atom stereocenters. The summed E-state index contributed by atoms with van der Waals surface area (Å²) in [5.74, 6) is 0.909. The summed E-state index contributed by atoms with van der Waals surface area (Å²) in [7, 11) is -1.48. The number of fused-ring (bicyclic) bond motifs is 2. The lowest BCUT2D eigenvalue weighted by atomic mass is 10.1. The number of nitrogens with one attached hydrogen (secondary N) is 4. The molecule has 0 aliphatic rings. The number of hydrogen-bond donors (Lipinski definition) is 7. The number of nitrogens with zero attached hydrogens (tertiary/aromatic N) is 13. The van der Waals surface area contributed by atoms with Crippen LogP contribution < -0.4 is 27.2 Å². The van der Waals surface area contributed by atoms with Crippen molar-refractivity contribution in [2.24, 2.45) is 5.73 Å². The van der Waals surface area contributed by atoms with Crippen molar-refractivity contribution in [2.45, 2.75) is 324 Å². The number of carboxylic acid groups (broad SMARTS) is 1. The quantitative estimate of drug-likeness (QED) is 0.00612. The lowest BCUT2D eigenvalue weighted by molar-refractivity contribution is -0.145. The van der Waals surface area contributed by atoms with Crippen LogP contribution in [0, 0.1) is 11.5 Å². The van der Waals surface area contributed by atoms with Crippen LogP contribution in [0.3, 0.4) is 0 Å². The minimum atomic E-state index is -1.48. The third kappa shape index (κ3) is 55.4. The number of ether oxygens (including phenoxy) is 2. The van der Waals surface area contributed by atoms with Crippen molar-refractivity contribution < 1.29 is 82.1 Å². The summed E-state index contributed by atoms with van der Waals surface area (Å²) in [4.78, 5) is 162. The topological polar surface area (TPSA) is 491 Å². The summed E-state index contributed by atoms with van der Waals surface area (Å²) in [5, 5.41) is 48.5. The second-order valence-corrected chi connectivity index (χ2v) is 39.6. The highest BCUT2D eigenvalue weighted by molar-refractivity contribution is 6.84. The van der Waals surface area contributed by atoms with E-state index in [1.165, 1.54) is 39.6 Å². The Bertz CT molecular complexity index is 4590. The molecule has 0 saturated heterocycles. The van der Waals surface area contributed by atoms with E-state index in [0.29, 0.717) is 104 Å². The maximum Gasteiger partial charge on any atom is 0.303 e. The van der Waals surface area contributed by atoms with E-state index in [9.17, 15) is 57.5 Å². The SMILES string of the molecule is CC(=O)Cn1cc(C(=O)CCCCCCCC(=O)COC(C)(C)C)nn1.CC(C)(C)OCC(=O)CCCCCCCC(=O)c1cn(CC(=O)Nc2cccc3nccnc23)nn1.CC(C)(C)ONC(=O)CCCCCCNC(=O)C#C[Si](C)(C)C.NCCCCCCC(=O)O.O=C(CO)CCCCCCCC(=O)c1cn(CC(=O)Nc2cccc3nccnc23)nn1. The molecule has 5 aromatic heterocycles. The summed E-state index contributed by atoms with van der Waals surface area (Å²) in [6.45, 7) is 26.3. The molecule has 7 rings (SSSR count). The van der Waals surface area contributed by atoms with Crippen LogP contribution in [-0.2, 0) is 77.1 Å². The molecular weight excluding hydrogens is 1650 g/mol. The van der Waals surface area contributed by atoms with Gasteiger partial charge in [-0.15, -0.1) is 20.8 Å². The number of carboxylic acids is 1. The number of aliphatic hydroxyl groups is 1. The van der Waals surface area contributed by atoms with Gasteiger partial charge in [-0.25, -0.2) is 19.5 Å². The molecule has 0 bridgehead atoms. The molecule has 0 aliphatic heterocycles. The van der Waals surface area contributed by atoms with Gasteiger partial charge < -0.3 is 41.4 Å². The summed E-state index contributed by atoms with van der Waals surface area (Å²) < 4.78 is 15.0. The summed E-state index contributed by atoms with van der Waals surface area (Å²) in [5.41, 5.74) is 14.3. The number of ketones is 7. The standard InChI is InChI=1S/C26H34N6O4.C22H26N6O4.C19H31N3O4.C17H32N2O3Si.C7H15NO2/c1-26(2,3)36-18-19(33)10-7-5-4-6-8-13-23(34)22-16-32(31-30-22)17-24(35)29-21-12-9-11-20-25(21)28-15-14-27-20;29-15-16(30)7-4-2-1-3-5-10-20(31)19-13-28(27-26-19)14-21(32)25-18-9-6-8-17-22(18)24-12-11-23-17;1-15(23)12-22-13-17(20-21-22)18(25)11-9-7-5-6-8-10-16(24)14-26-19(2,3)4;1-17(2,3)22-19-16(21)11-9-7-8-10-13-18-15(20)12-14-23(4,5)6;8-6-4-2-1-3-5-7(9)10/h9,11-12,14-16H,4-8,10,13,17-18H2,1-3H3,(H,29,35);6,8-9,11-13,29H,1-5,7,10,14-15H2,(H,25,32);13H,5-12,14H2,1-4H3;7-11,13H2,1-6H3,(H,18,20)(H,19,21);1-6,8H2,(H,9,10). The normalized spacial score (nSPS) is 11.2. The van der Waals surface area contributed by atoms with Gasteiger partial charge >= 0.3 is 5.97 Å². The van der Waals surface area contributed by atoms with Crippen LogP contribution >= 0.6 is 0 Å². The average molecular weight is 1780 g/mol. The number of aliphatic carboxylic acids is 1. The third-order valence-electron chi connectivity index (χ3n) is 18.1. The highest BCUT2D eigenvalue weighted by atomic mass is 28.3. The number of unbranched alkanes of at least 4 members (excludes halogenated alkanes) is 18. The molecule has 0 radical (unpaired) electrons. The number of anilines is 2. The fourth-order valence-electron chi connectivity index (χ4n) is 11.5. The number of carbonyl (C=O) groups excluding carboxylic acids is 11. The molecule has 698 valence electrons. The smallest absolute Gasteiger partial charge is 0.303 e. The van der Waals surface area contributed by atoms with Gasteiger partial charge in [-0.2, -0.15) is 0 Å². The van der Waals surface area contributed by atoms with E-state index in [2.05, 4.69) is 103 Å². The molecule has 0 spiro atoms. The molecule has 7 aromatic rings. The Morgan fingerprint density at radius 1 is 0.441 bits per heavy atom. The fourth-order valence-corrected chi connectivity index (χ4v) is 12.0. The highest BCUT2D eigenvalue weighted by Gasteiger charge is 2.20. The minimum absolute atomic E-state index is 0.0302. The lowest BCUT2D eigenvalue weighted by Crippen LogP contribution is -2.33. The predicted octanol–water partition coefficient (Wildman–Crippen LogP) is 13.4. The van der Waals surface area contributed by atoms with Gasteiger partial charge in [-0.1, -0.05) is 131 Å². The first-order chi connectivity index (χ1) is 60.2. The van der Waals surface area contributed by atoms with Gasteiger partial charge in [0.2, 0.25) is 17.7 Å². The van der Waals surface area contributed by atoms with Crippen LogP contribution in [0.5, 0.6) is 0 Å². The van der Waals surface area contributed by atoms with Crippen LogP contribution in [0.25, 0.3) is 22.1 Å². The Hall–Kier alpha value is -10.8. The highest BCUT2D eigenvalue weighted by Crippen LogP contribution is 2.22. The zero-order chi connectivity index (χ0) is 94.1. The van der Waals surface area contributed by atoms with Gasteiger partial charge in [0.25, 0.3) is 5.91 Å².